The number of rotatable bonds is 6. The molecule has 27 heavy (non-hydrogen) atoms. The standard InChI is InChI=1S/C21H20ClN3O2/c22-19-6-2-1-5-18(19)14-24-21(27)23-13-16-8-10-17(11-9-16)15-25-12-4-3-7-20(25)26/h1-12H,13-15H2,(H2,23,24,27). The molecular formula is C21H20ClN3O2. The summed E-state index contributed by atoms with van der Waals surface area (Å²) in [5.41, 5.74) is 2.84. The van der Waals surface area contributed by atoms with Crippen molar-refractivity contribution in [1.29, 1.82) is 0 Å². The molecule has 0 bridgehead atoms. The molecule has 3 rings (SSSR count). The SMILES string of the molecule is O=C(NCc1ccc(Cn2ccccc2=O)cc1)NCc1ccccc1Cl. The van der Waals surface area contributed by atoms with Crippen LogP contribution in [-0.4, -0.2) is 10.6 Å². The van der Waals surface area contributed by atoms with Gasteiger partial charge < -0.3 is 15.2 Å². The summed E-state index contributed by atoms with van der Waals surface area (Å²) in [5.74, 6) is 0. The topological polar surface area (TPSA) is 63.1 Å². The Bertz CT molecular complexity index is 967. The lowest BCUT2D eigenvalue weighted by Crippen LogP contribution is -2.34. The zero-order chi connectivity index (χ0) is 19.1. The van der Waals surface area contributed by atoms with Crippen LogP contribution in [0.25, 0.3) is 0 Å². The molecule has 0 saturated heterocycles. The van der Waals surface area contributed by atoms with Crippen LogP contribution in [0, 0.1) is 0 Å². The smallest absolute Gasteiger partial charge is 0.315 e. The van der Waals surface area contributed by atoms with Crippen LogP contribution in [0.3, 0.4) is 0 Å². The maximum absolute atomic E-state index is 11.9. The van der Waals surface area contributed by atoms with E-state index in [1.807, 2.05) is 48.5 Å². The summed E-state index contributed by atoms with van der Waals surface area (Å²) in [5, 5.41) is 6.24. The van der Waals surface area contributed by atoms with Crippen LogP contribution in [0.2, 0.25) is 5.02 Å². The van der Waals surface area contributed by atoms with Crippen LogP contribution in [-0.2, 0) is 19.6 Å². The van der Waals surface area contributed by atoms with Gasteiger partial charge >= 0.3 is 6.03 Å². The van der Waals surface area contributed by atoms with E-state index in [9.17, 15) is 9.59 Å². The number of benzene rings is 2. The fourth-order valence-corrected chi connectivity index (χ4v) is 2.82. The number of hydrogen-bond donors (Lipinski definition) is 2. The highest BCUT2D eigenvalue weighted by Gasteiger charge is 2.04. The maximum Gasteiger partial charge on any atom is 0.315 e. The van der Waals surface area contributed by atoms with E-state index in [1.165, 1.54) is 0 Å². The summed E-state index contributed by atoms with van der Waals surface area (Å²) in [6.07, 6.45) is 1.77. The van der Waals surface area contributed by atoms with Crippen molar-refractivity contribution in [2.45, 2.75) is 19.6 Å². The number of nitrogens with one attached hydrogen (secondary N) is 2. The number of urea groups is 1. The molecule has 0 aliphatic heterocycles. The molecule has 0 atom stereocenters. The highest BCUT2D eigenvalue weighted by molar-refractivity contribution is 6.31. The Morgan fingerprint density at radius 3 is 2.26 bits per heavy atom. The Kier molecular flexibility index (Phi) is 6.28. The first kappa shape index (κ1) is 18.7. The van der Waals surface area contributed by atoms with Crippen molar-refractivity contribution in [3.05, 3.63) is 105 Å². The number of halogens is 1. The second-order valence-electron chi connectivity index (χ2n) is 6.11. The molecule has 0 aliphatic carbocycles. The summed E-state index contributed by atoms with van der Waals surface area (Å²) in [6.45, 7) is 1.31. The second-order valence-corrected chi connectivity index (χ2v) is 6.52. The van der Waals surface area contributed by atoms with Crippen LogP contribution in [0.1, 0.15) is 16.7 Å². The van der Waals surface area contributed by atoms with Crippen molar-refractivity contribution in [2.75, 3.05) is 0 Å². The van der Waals surface area contributed by atoms with Gasteiger partial charge in [-0.1, -0.05) is 60.1 Å². The second kappa shape index (κ2) is 9.05. The molecule has 2 aromatic carbocycles. The quantitative estimate of drug-likeness (QED) is 0.685. The van der Waals surface area contributed by atoms with Gasteiger partial charge in [-0.25, -0.2) is 4.79 Å². The van der Waals surface area contributed by atoms with Crippen molar-refractivity contribution < 1.29 is 4.79 Å². The molecule has 2 amide bonds. The van der Waals surface area contributed by atoms with Gasteiger partial charge in [0.1, 0.15) is 0 Å². The number of hydrogen-bond acceptors (Lipinski definition) is 2. The third-order valence-corrected chi connectivity index (χ3v) is 4.49. The maximum atomic E-state index is 11.9. The van der Waals surface area contributed by atoms with Gasteiger partial charge in [0, 0.05) is 30.4 Å². The lowest BCUT2D eigenvalue weighted by Gasteiger charge is -2.10. The number of amides is 2. The van der Waals surface area contributed by atoms with Crippen LogP contribution in [0.15, 0.2) is 77.7 Å². The largest absolute Gasteiger partial charge is 0.334 e. The molecule has 1 heterocycles. The van der Waals surface area contributed by atoms with Gasteiger partial charge in [0.2, 0.25) is 0 Å². The van der Waals surface area contributed by atoms with E-state index in [0.717, 1.165) is 16.7 Å². The minimum absolute atomic E-state index is 0.0292. The number of carbonyl (C=O) groups is 1. The Morgan fingerprint density at radius 2 is 1.52 bits per heavy atom. The van der Waals surface area contributed by atoms with Gasteiger partial charge in [-0.15, -0.1) is 0 Å². The average Bonchev–Trinajstić information content (AvgIpc) is 2.68. The molecule has 2 N–H and O–H groups in total. The van der Waals surface area contributed by atoms with Gasteiger partial charge in [-0.3, -0.25) is 4.79 Å². The molecule has 0 aliphatic rings. The molecular weight excluding hydrogens is 362 g/mol. The molecule has 138 valence electrons. The van der Waals surface area contributed by atoms with Gasteiger partial charge in [-0.05, 0) is 28.8 Å². The van der Waals surface area contributed by atoms with E-state index < -0.39 is 0 Å². The average molecular weight is 382 g/mol. The Balaban J connectivity index is 1.48. The highest BCUT2D eigenvalue weighted by Crippen LogP contribution is 2.14. The van der Waals surface area contributed by atoms with Gasteiger partial charge in [-0.2, -0.15) is 0 Å². The summed E-state index contributed by atoms with van der Waals surface area (Å²) in [4.78, 5) is 23.7. The molecule has 0 radical (unpaired) electrons. The third kappa shape index (κ3) is 5.46. The minimum atomic E-state index is -0.255. The van der Waals surface area contributed by atoms with Crippen molar-refractivity contribution in [2.24, 2.45) is 0 Å². The van der Waals surface area contributed by atoms with Crippen molar-refractivity contribution in [3.8, 4) is 0 Å². The normalized spacial score (nSPS) is 10.4. The predicted molar refractivity (Wildman–Crippen MR) is 107 cm³/mol. The van der Waals surface area contributed by atoms with Crippen molar-refractivity contribution >= 4 is 17.6 Å². The van der Waals surface area contributed by atoms with Gasteiger partial charge in [0.05, 0.1) is 6.54 Å². The highest BCUT2D eigenvalue weighted by atomic mass is 35.5. The van der Waals surface area contributed by atoms with Crippen LogP contribution in [0.5, 0.6) is 0 Å². The Labute approximate surface area is 162 Å². The summed E-state index contributed by atoms with van der Waals surface area (Å²) >= 11 is 6.07. The lowest BCUT2D eigenvalue weighted by atomic mass is 10.1. The third-order valence-electron chi connectivity index (χ3n) is 4.13. The summed E-state index contributed by atoms with van der Waals surface area (Å²) in [7, 11) is 0. The summed E-state index contributed by atoms with van der Waals surface area (Å²) in [6, 6.07) is 20.0. The molecule has 0 fully saturated rings. The van der Waals surface area contributed by atoms with Crippen molar-refractivity contribution in [3.63, 3.8) is 0 Å². The predicted octanol–water partition coefficient (Wildman–Crippen LogP) is 3.55. The van der Waals surface area contributed by atoms with Crippen molar-refractivity contribution in [1.82, 2.24) is 15.2 Å². The van der Waals surface area contributed by atoms with E-state index in [-0.39, 0.29) is 11.6 Å². The zero-order valence-electron chi connectivity index (χ0n) is 14.7. The number of nitrogens with zero attached hydrogens (tertiary/aromatic N) is 1. The minimum Gasteiger partial charge on any atom is -0.334 e. The van der Waals surface area contributed by atoms with E-state index in [4.69, 9.17) is 11.6 Å². The van der Waals surface area contributed by atoms with E-state index in [1.54, 1.807) is 29.0 Å². The molecule has 1 aromatic heterocycles. The number of aromatic nitrogens is 1. The molecule has 0 unspecified atom stereocenters. The molecule has 0 spiro atoms. The summed E-state index contributed by atoms with van der Waals surface area (Å²) < 4.78 is 1.65. The van der Waals surface area contributed by atoms with Gasteiger partial charge in [0.15, 0.2) is 0 Å². The van der Waals surface area contributed by atoms with Crippen LogP contribution in [0.4, 0.5) is 4.79 Å². The monoisotopic (exact) mass is 381 g/mol. The molecule has 3 aromatic rings. The first-order valence-electron chi connectivity index (χ1n) is 8.60. The van der Waals surface area contributed by atoms with E-state index in [0.29, 0.717) is 24.7 Å². The first-order valence-corrected chi connectivity index (χ1v) is 8.98. The Hall–Kier alpha value is -3.05. The van der Waals surface area contributed by atoms with E-state index in [2.05, 4.69) is 10.6 Å². The fraction of sp³-hybridized carbons (Fsp3) is 0.143. The lowest BCUT2D eigenvalue weighted by molar-refractivity contribution is 0.240. The molecule has 0 saturated carbocycles. The number of carbonyl (C=O) groups excluding carboxylic acids is 1. The fourth-order valence-electron chi connectivity index (χ4n) is 2.61. The molecule has 6 heteroatoms. The Morgan fingerprint density at radius 1 is 0.852 bits per heavy atom. The first-order chi connectivity index (χ1) is 13.1. The van der Waals surface area contributed by atoms with Gasteiger partial charge in [0.25, 0.3) is 5.56 Å². The zero-order valence-corrected chi connectivity index (χ0v) is 15.4. The van der Waals surface area contributed by atoms with Crippen LogP contribution >= 0.6 is 11.6 Å². The van der Waals surface area contributed by atoms with Crippen LogP contribution < -0.4 is 16.2 Å². The number of pyridine rings is 1. The molecule has 5 nitrogen and oxygen atoms in total. The van der Waals surface area contributed by atoms with E-state index >= 15 is 0 Å².